The van der Waals surface area contributed by atoms with E-state index in [0.717, 1.165) is 5.56 Å². The molecule has 0 saturated heterocycles. The van der Waals surface area contributed by atoms with Gasteiger partial charge in [0.05, 0.1) is 14.2 Å². The fourth-order valence-electron chi connectivity index (χ4n) is 2.55. The Labute approximate surface area is 145 Å². The maximum Gasteiger partial charge on any atom is 0.311 e. The lowest BCUT2D eigenvalue weighted by atomic mass is 10.1. The van der Waals surface area contributed by atoms with E-state index < -0.39 is 0 Å². The second kappa shape index (κ2) is 7.25. The van der Waals surface area contributed by atoms with Crippen molar-refractivity contribution in [2.45, 2.75) is 19.8 Å². The SMILES string of the molecule is COc1ccc(CCC(=O)Oc2ccc3oc(C)nc3c2)cc1OC. The molecule has 0 radical (unpaired) electrons. The Morgan fingerprint density at radius 2 is 1.88 bits per heavy atom. The molecule has 130 valence electrons. The van der Waals surface area contributed by atoms with Crippen molar-refractivity contribution in [3.05, 3.63) is 47.9 Å². The summed E-state index contributed by atoms with van der Waals surface area (Å²) in [4.78, 5) is 16.3. The van der Waals surface area contributed by atoms with Gasteiger partial charge in [0, 0.05) is 19.4 Å². The van der Waals surface area contributed by atoms with Crippen LogP contribution < -0.4 is 14.2 Å². The number of hydrogen-bond donors (Lipinski definition) is 0. The van der Waals surface area contributed by atoms with Crippen LogP contribution in [-0.4, -0.2) is 25.2 Å². The van der Waals surface area contributed by atoms with Crippen LogP contribution in [0.4, 0.5) is 0 Å². The van der Waals surface area contributed by atoms with Crippen molar-refractivity contribution < 1.29 is 23.4 Å². The number of methoxy groups -OCH3 is 2. The standard InChI is InChI=1S/C19H19NO5/c1-12-20-15-11-14(6-8-16(15)24-12)25-19(21)9-5-13-4-7-17(22-2)18(10-13)23-3/h4,6-8,10-11H,5,9H2,1-3H3. The zero-order valence-corrected chi connectivity index (χ0v) is 14.4. The normalized spacial score (nSPS) is 10.7. The molecule has 25 heavy (non-hydrogen) atoms. The van der Waals surface area contributed by atoms with E-state index in [9.17, 15) is 4.79 Å². The molecule has 0 spiro atoms. The molecule has 0 unspecified atom stereocenters. The highest BCUT2D eigenvalue weighted by molar-refractivity contribution is 5.77. The first-order valence-corrected chi connectivity index (χ1v) is 7.88. The van der Waals surface area contributed by atoms with E-state index in [-0.39, 0.29) is 12.4 Å². The molecule has 0 aliphatic carbocycles. The van der Waals surface area contributed by atoms with Gasteiger partial charge in [-0.25, -0.2) is 4.98 Å². The second-order valence-corrected chi connectivity index (χ2v) is 5.53. The van der Waals surface area contributed by atoms with Gasteiger partial charge in [-0.3, -0.25) is 4.79 Å². The highest BCUT2D eigenvalue weighted by Crippen LogP contribution is 2.28. The number of carbonyl (C=O) groups is 1. The average Bonchev–Trinajstić information content (AvgIpc) is 2.99. The first-order valence-electron chi connectivity index (χ1n) is 7.88. The van der Waals surface area contributed by atoms with Gasteiger partial charge < -0.3 is 18.6 Å². The third-order valence-electron chi connectivity index (χ3n) is 3.76. The molecular formula is C19H19NO5. The van der Waals surface area contributed by atoms with Crippen LogP contribution in [0.15, 0.2) is 40.8 Å². The van der Waals surface area contributed by atoms with Crippen LogP contribution in [-0.2, 0) is 11.2 Å². The van der Waals surface area contributed by atoms with Crippen molar-refractivity contribution >= 4 is 17.1 Å². The Balaban J connectivity index is 1.62. The second-order valence-electron chi connectivity index (χ2n) is 5.53. The van der Waals surface area contributed by atoms with E-state index in [1.165, 1.54) is 0 Å². The van der Waals surface area contributed by atoms with Crippen molar-refractivity contribution in [3.63, 3.8) is 0 Å². The van der Waals surface area contributed by atoms with E-state index in [2.05, 4.69) is 4.98 Å². The van der Waals surface area contributed by atoms with Crippen LogP contribution in [0, 0.1) is 6.92 Å². The highest BCUT2D eigenvalue weighted by Gasteiger charge is 2.10. The molecule has 0 atom stereocenters. The van der Waals surface area contributed by atoms with Gasteiger partial charge in [-0.15, -0.1) is 0 Å². The Morgan fingerprint density at radius 3 is 2.64 bits per heavy atom. The molecular weight excluding hydrogens is 322 g/mol. The summed E-state index contributed by atoms with van der Waals surface area (Å²) < 4.78 is 21.2. The lowest BCUT2D eigenvalue weighted by Gasteiger charge is -2.09. The van der Waals surface area contributed by atoms with E-state index in [1.807, 2.05) is 18.2 Å². The molecule has 0 amide bonds. The monoisotopic (exact) mass is 341 g/mol. The minimum absolute atomic E-state index is 0.255. The first kappa shape index (κ1) is 16.8. The molecule has 2 aromatic carbocycles. The van der Waals surface area contributed by atoms with Gasteiger partial charge in [0.2, 0.25) is 0 Å². The van der Waals surface area contributed by atoms with Gasteiger partial charge in [-0.2, -0.15) is 0 Å². The summed E-state index contributed by atoms with van der Waals surface area (Å²) in [6.45, 7) is 1.77. The summed E-state index contributed by atoms with van der Waals surface area (Å²) in [7, 11) is 3.17. The van der Waals surface area contributed by atoms with Gasteiger partial charge in [0.15, 0.2) is 23.0 Å². The van der Waals surface area contributed by atoms with E-state index in [0.29, 0.717) is 40.7 Å². The largest absolute Gasteiger partial charge is 0.493 e. The topological polar surface area (TPSA) is 70.8 Å². The maximum absolute atomic E-state index is 12.1. The number of esters is 1. The summed E-state index contributed by atoms with van der Waals surface area (Å²) in [5.41, 5.74) is 2.31. The quantitative estimate of drug-likeness (QED) is 0.503. The maximum atomic E-state index is 12.1. The molecule has 3 rings (SSSR count). The minimum atomic E-state index is -0.311. The van der Waals surface area contributed by atoms with Crippen LogP contribution in [0.2, 0.25) is 0 Å². The van der Waals surface area contributed by atoms with Crippen LogP contribution in [0.1, 0.15) is 17.9 Å². The zero-order chi connectivity index (χ0) is 17.8. The van der Waals surface area contributed by atoms with Crippen molar-refractivity contribution in [2.24, 2.45) is 0 Å². The summed E-state index contributed by atoms with van der Waals surface area (Å²) in [6.07, 6.45) is 0.801. The molecule has 0 aliphatic rings. The Hall–Kier alpha value is -3.02. The van der Waals surface area contributed by atoms with E-state index >= 15 is 0 Å². The van der Waals surface area contributed by atoms with Gasteiger partial charge in [-0.1, -0.05) is 6.07 Å². The number of benzene rings is 2. The van der Waals surface area contributed by atoms with Crippen LogP contribution in [0.25, 0.3) is 11.1 Å². The van der Waals surface area contributed by atoms with Crippen LogP contribution >= 0.6 is 0 Å². The number of aryl methyl sites for hydroxylation is 2. The number of ether oxygens (including phenoxy) is 3. The smallest absolute Gasteiger partial charge is 0.311 e. The van der Waals surface area contributed by atoms with Crippen molar-refractivity contribution in [1.29, 1.82) is 0 Å². The summed E-state index contributed by atoms with van der Waals surface area (Å²) >= 11 is 0. The van der Waals surface area contributed by atoms with Gasteiger partial charge in [-0.05, 0) is 36.2 Å². The van der Waals surface area contributed by atoms with E-state index in [1.54, 1.807) is 39.3 Å². The molecule has 0 saturated carbocycles. The summed E-state index contributed by atoms with van der Waals surface area (Å²) in [5, 5.41) is 0. The van der Waals surface area contributed by atoms with Crippen LogP contribution in [0.3, 0.4) is 0 Å². The molecule has 0 fully saturated rings. The molecule has 6 heteroatoms. The lowest BCUT2D eigenvalue weighted by Crippen LogP contribution is -2.09. The molecule has 6 nitrogen and oxygen atoms in total. The summed E-state index contributed by atoms with van der Waals surface area (Å²) in [5.74, 6) is 2.02. The number of fused-ring (bicyclic) bond motifs is 1. The molecule has 0 bridgehead atoms. The average molecular weight is 341 g/mol. The molecule has 1 heterocycles. The zero-order valence-electron chi connectivity index (χ0n) is 14.4. The Bertz CT molecular complexity index is 900. The number of nitrogens with zero attached hydrogens (tertiary/aromatic N) is 1. The fourth-order valence-corrected chi connectivity index (χ4v) is 2.55. The molecule has 0 aliphatic heterocycles. The molecule has 1 aromatic heterocycles. The minimum Gasteiger partial charge on any atom is -0.493 e. The lowest BCUT2D eigenvalue weighted by molar-refractivity contribution is -0.134. The number of oxazole rings is 1. The van der Waals surface area contributed by atoms with Crippen molar-refractivity contribution in [1.82, 2.24) is 4.98 Å². The van der Waals surface area contributed by atoms with Crippen molar-refractivity contribution in [2.75, 3.05) is 14.2 Å². The van der Waals surface area contributed by atoms with Crippen molar-refractivity contribution in [3.8, 4) is 17.2 Å². The van der Waals surface area contributed by atoms with Crippen LogP contribution in [0.5, 0.6) is 17.2 Å². The van der Waals surface area contributed by atoms with E-state index in [4.69, 9.17) is 18.6 Å². The molecule has 0 N–H and O–H groups in total. The third-order valence-corrected chi connectivity index (χ3v) is 3.76. The Kier molecular flexibility index (Phi) is 4.88. The summed E-state index contributed by atoms with van der Waals surface area (Å²) in [6, 6.07) is 10.7. The number of hydrogen-bond acceptors (Lipinski definition) is 6. The number of aromatic nitrogens is 1. The Morgan fingerprint density at radius 1 is 1.08 bits per heavy atom. The first-order chi connectivity index (χ1) is 12.1. The fraction of sp³-hybridized carbons (Fsp3) is 0.263. The van der Waals surface area contributed by atoms with Gasteiger partial charge in [0.1, 0.15) is 11.3 Å². The van der Waals surface area contributed by atoms with Gasteiger partial charge >= 0.3 is 5.97 Å². The highest BCUT2D eigenvalue weighted by atomic mass is 16.5. The third kappa shape index (κ3) is 3.91. The predicted molar refractivity (Wildman–Crippen MR) is 92.2 cm³/mol. The predicted octanol–water partition coefficient (Wildman–Crippen LogP) is 3.69. The molecule has 3 aromatic rings. The van der Waals surface area contributed by atoms with Gasteiger partial charge in [0.25, 0.3) is 0 Å². The number of carbonyl (C=O) groups excluding carboxylic acids is 1. The number of rotatable bonds is 6.